The van der Waals surface area contributed by atoms with E-state index in [9.17, 15) is 27.7 Å². The van der Waals surface area contributed by atoms with Crippen molar-refractivity contribution in [2.24, 2.45) is 0 Å². The van der Waals surface area contributed by atoms with Gasteiger partial charge >= 0.3 is 6.18 Å². The number of hydrogen-bond donors (Lipinski definition) is 1. The standard InChI is InChI=1S/C11H12F4N2O2/c12-8-3-4-9(10(7-8)17(18)19)16-6-2-1-5-11(13,14)15/h3-4,7,16H,1-2,5-6H2. The molecule has 0 bridgehead atoms. The van der Waals surface area contributed by atoms with Gasteiger partial charge in [0.1, 0.15) is 11.5 Å². The number of rotatable bonds is 6. The first kappa shape index (κ1) is 15.2. The summed E-state index contributed by atoms with van der Waals surface area (Å²) in [6.45, 7) is 0.155. The van der Waals surface area contributed by atoms with Gasteiger partial charge in [-0.25, -0.2) is 4.39 Å². The fourth-order valence-electron chi connectivity index (χ4n) is 1.48. The number of nitro benzene ring substituents is 1. The van der Waals surface area contributed by atoms with Crippen LogP contribution in [0.15, 0.2) is 18.2 Å². The van der Waals surface area contributed by atoms with E-state index in [4.69, 9.17) is 0 Å². The lowest BCUT2D eigenvalue weighted by Gasteiger charge is -2.08. The summed E-state index contributed by atoms with van der Waals surface area (Å²) in [4.78, 5) is 9.90. The van der Waals surface area contributed by atoms with Crippen molar-refractivity contribution in [3.05, 3.63) is 34.1 Å². The summed E-state index contributed by atoms with van der Waals surface area (Å²) in [7, 11) is 0. The predicted octanol–water partition coefficient (Wildman–Crippen LogP) is 3.88. The number of unbranched alkanes of at least 4 members (excludes halogenated alkanes) is 1. The summed E-state index contributed by atoms with van der Waals surface area (Å²) >= 11 is 0. The summed E-state index contributed by atoms with van der Waals surface area (Å²) in [6.07, 6.45) is -4.93. The fourth-order valence-corrected chi connectivity index (χ4v) is 1.48. The predicted molar refractivity (Wildman–Crippen MR) is 61.5 cm³/mol. The summed E-state index contributed by atoms with van der Waals surface area (Å²) < 4.78 is 48.4. The minimum atomic E-state index is -4.19. The molecule has 0 atom stereocenters. The van der Waals surface area contributed by atoms with Gasteiger partial charge in [-0.2, -0.15) is 13.2 Å². The number of hydrogen-bond acceptors (Lipinski definition) is 3. The van der Waals surface area contributed by atoms with Crippen LogP contribution >= 0.6 is 0 Å². The SMILES string of the molecule is O=[N+]([O-])c1cc(F)ccc1NCCCCC(F)(F)F. The van der Waals surface area contributed by atoms with Gasteiger partial charge in [0.2, 0.25) is 0 Å². The van der Waals surface area contributed by atoms with Gasteiger partial charge in [0.25, 0.3) is 5.69 Å². The van der Waals surface area contributed by atoms with Gasteiger partial charge < -0.3 is 5.32 Å². The number of nitro groups is 1. The minimum absolute atomic E-state index is 0.0640. The van der Waals surface area contributed by atoms with Crippen molar-refractivity contribution in [1.82, 2.24) is 0 Å². The Morgan fingerprint density at radius 1 is 1.26 bits per heavy atom. The molecule has 0 radical (unpaired) electrons. The summed E-state index contributed by atoms with van der Waals surface area (Å²) in [6, 6.07) is 3.00. The third kappa shape index (κ3) is 5.54. The lowest BCUT2D eigenvalue weighted by molar-refractivity contribution is -0.384. The van der Waals surface area contributed by atoms with Crippen molar-refractivity contribution in [1.29, 1.82) is 0 Å². The summed E-state index contributed by atoms with van der Waals surface area (Å²) in [5.41, 5.74) is -0.339. The Hall–Kier alpha value is -1.86. The zero-order valence-corrected chi connectivity index (χ0v) is 9.84. The van der Waals surface area contributed by atoms with Gasteiger partial charge in [0.15, 0.2) is 0 Å². The maximum absolute atomic E-state index is 12.8. The van der Waals surface area contributed by atoms with E-state index in [-0.39, 0.29) is 25.1 Å². The van der Waals surface area contributed by atoms with Crippen LogP contribution in [-0.4, -0.2) is 17.6 Å². The second kappa shape index (κ2) is 6.35. The second-order valence-electron chi connectivity index (χ2n) is 3.92. The molecule has 0 saturated carbocycles. The van der Waals surface area contributed by atoms with E-state index in [2.05, 4.69) is 5.32 Å². The minimum Gasteiger partial charge on any atom is -0.379 e. The van der Waals surface area contributed by atoms with Gasteiger partial charge in [-0.15, -0.1) is 0 Å². The molecule has 106 valence electrons. The van der Waals surface area contributed by atoms with E-state index >= 15 is 0 Å². The number of halogens is 4. The van der Waals surface area contributed by atoms with E-state index in [0.717, 1.165) is 12.1 Å². The molecular formula is C11H12F4N2O2. The van der Waals surface area contributed by atoms with Crippen molar-refractivity contribution in [2.45, 2.75) is 25.4 Å². The number of benzene rings is 1. The van der Waals surface area contributed by atoms with Gasteiger partial charge in [-0.1, -0.05) is 0 Å². The Morgan fingerprint density at radius 3 is 2.53 bits per heavy atom. The molecule has 1 rings (SSSR count). The summed E-state index contributed by atoms with van der Waals surface area (Å²) in [5, 5.41) is 13.3. The van der Waals surface area contributed by atoms with Gasteiger partial charge in [0.05, 0.1) is 11.0 Å². The van der Waals surface area contributed by atoms with Gasteiger partial charge in [-0.05, 0) is 25.0 Å². The quantitative estimate of drug-likeness (QED) is 0.372. The molecule has 0 aliphatic rings. The number of alkyl halides is 3. The topological polar surface area (TPSA) is 55.2 Å². The molecule has 0 amide bonds. The van der Waals surface area contributed by atoms with Crippen LogP contribution in [-0.2, 0) is 0 Å². The van der Waals surface area contributed by atoms with E-state index < -0.39 is 29.0 Å². The van der Waals surface area contributed by atoms with Crippen molar-refractivity contribution >= 4 is 11.4 Å². The second-order valence-corrected chi connectivity index (χ2v) is 3.92. The van der Waals surface area contributed by atoms with Gasteiger partial charge in [-0.3, -0.25) is 10.1 Å². The molecule has 1 aromatic carbocycles. The van der Waals surface area contributed by atoms with Crippen LogP contribution in [0.5, 0.6) is 0 Å². The van der Waals surface area contributed by atoms with Crippen LogP contribution in [0, 0.1) is 15.9 Å². The molecule has 4 nitrogen and oxygen atoms in total. The number of nitrogens with one attached hydrogen (secondary N) is 1. The lowest BCUT2D eigenvalue weighted by Crippen LogP contribution is -2.09. The van der Waals surface area contributed by atoms with Gasteiger partial charge in [0, 0.05) is 13.0 Å². The van der Waals surface area contributed by atoms with Crippen molar-refractivity contribution < 1.29 is 22.5 Å². The maximum atomic E-state index is 12.8. The van der Waals surface area contributed by atoms with Crippen LogP contribution in [0.2, 0.25) is 0 Å². The van der Waals surface area contributed by atoms with E-state index in [0.29, 0.717) is 0 Å². The molecule has 0 spiro atoms. The Bertz CT molecular complexity index is 449. The molecule has 1 N–H and O–H groups in total. The van der Waals surface area contributed by atoms with Crippen molar-refractivity contribution in [3.63, 3.8) is 0 Å². The molecule has 0 saturated heterocycles. The highest BCUT2D eigenvalue weighted by Crippen LogP contribution is 2.25. The molecule has 0 fully saturated rings. The van der Waals surface area contributed by atoms with E-state index in [1.165, 1.54) is 6.07 Å². The zero-order chi connectivity index (χ0) is 14.5. The lowest BCUT2D eigenvalue weighted by atomic mass is 10.2. The molecule has 0 aliphatic carbocycles. The smallest absolute Gasteiger partial charge is 0.379 e. The van der Waals surface area contributed by atoms with Crippen LogP contribution in [0.1, 0.15) is 19.3 Å². The van der Waals surface area contributed by atoms with E-state index in [1.807, 2.05) is 0 Å². The van der Waals surface area contributed by atoms with E-state index in [1.54, 1.807) is 0 Å². The number of anilines is 1. The third-order valence-electron chi connectivity index (χ3n) is 2.36. The fraction of sp³-hybridized carbons (Fsp3) is 0.455. The molecule has 0 unspecified atom stereocenters. The average molecular weight is 280 g/mol. The maximum Gasteiger partial charge on any atom is 0.389 e. The Kier molecular flexibility index (Phi) is 5.08. The normalized spacial score (nSPS) is 11.4. The largest absolute Gasteiger partial charge is 0.389 e. The van der Waals surface area contributed by atoms with Crippen molar-refractivity contribution in [2.75, 3.05) is 11.9 Å². The highest BCUT2D eigenvalue weighted by atomic mass is 19.4. The first-order valence-electron chi connectivity index (χ1n) is 5.54. The van der Waals surface area contributed by atoms with Crippen LogP contribution in [0.4, 0.5) is 28.9 Å². The third-order valence-corrected chi connectivity index (χ3v) is 2.36. The van der Waals surface area contributed by atoms with Crippen molar-refractivity contribution in [3.8, 4) is 0 Å². The zero-order valence-electron chi connectivity index (χ0n) is 9.84. The van der Waals surface area contributed by atoms with Crippen LogP contribution in [0.3, 0.4) is 0 Å². The molecule has 0 heterocycles. The van der Waals surface area contributed by atoms with Crippen LogP contribution in [0.25, 0.3) is 0 Å². The Balaban J connectivity index is 2.47. The highest BCUT2D eigenvalue weighted by Gasteiger charge is 2.25. The first-order valence-corrected chi connectivity index (χ1v) is 5.54. The number of nitrogens with zero attached hydrogens (tertiary/aromatic N) is 1. The highest BCUT2D eigenvalue weighted by molar-refractivity contribution is 5.61. The average Bonchev–Trinajstić information content (AvgIpc) is 2.28. The monoisotopic (exact) mass is 280 g/mol. The molecule has 0 aromatic heterocycles. The Morgan fingerprint density at radius 2 is 1.95 bits per heavy atom. The first-order chi connectivity index (χ1) is 8.79. The van der Waals surface area contributed by atoms with Crippen LogP contribution < -0.4 is 5.32 Å². The molecule has 8 heteroatoms. The molecule has 0 aliphatic heterocycles. The summed E-state index contributed by atoms with van der Waals surface area (Å²) in [5.74, 6) is -0.741. The molecular weight excluding hydrogens is 268 g/mol. The Labute approximate surface area is 106 Å². The molecule has 19 heavy (non-hydrogen) atoms. The molecule has 1 aromatic rings.